The van der Waals surface area contributed by atoms with Gasteiger partial charge in [0, 0.05) is 10.7 Å². The van der Waals surface area contributed by atoms with Gasteiger partial charge in [0.1, 0.15) is 10.7 Å². The lowest BCUT2D eigenvalue weighted by Crippen LogP contribution is -2.57. The number of rotatable bonds is 3. The van der Waals surface area contributed by atoms with Crippen LogP contribution >= 0.6 is 23.2 Å². The molecular weight excluding hydrogens is 494 g/mol. The van der Waals surface area contributed by atoms with Crippen molar-refractivity contribution in [1.82, 2.24) is 20.2 Å². The molecular formula is C22H20Cl2F3N5O2. The lowest BCUT2D eigenvalue weighted by molar-refractivity contribution is -0.141. The van der Waals surface area contributed by atoms with Gasteiger partial charge in [-0.05, 0) is 57.2 Å². The predicted octanol–water partition coefficient (Wildman–Crippen LogP) is 6.18. The van der Waals surface area contributed by atoms with Crippen LogP contribution in [0, 0.1) is 0 Å². The number of urea groups is 1. The Labute approximate surface area is 203 Å². The molecule has 3 amide bonds. The molecule has 0 unspecified atom stereocenters. The molecule has 0 aliphatic carbocycles. The van der Waals surface area contributed by atoms with Crippen LogP contribution in [0.2, 0.25) is 10.2 Å². The van der Waals surface area contributed by atoms with Crippen LogP contribution < -0.4 is 10.7 Å². The third-order valence-corrected chi connectivity index (χ3v) is 5.11. The van der Waals surface area contributed by atoms with Crippen molar-refractivity contribution >= 4 is 40.8 Å². The fourth-order valence-electron chi connectivity index (χ4n) is 2.93. The molecule has 0 spiro atoms. The Balaban J connectivity index is 1.97. The van der Waals surface area contributed by atoms with E-state index in [0.29, 0.717) is 10.7 Å². The Bertz CT molecular complexity index is 1190. The van der Waals surface area contributed by atoms with Crippen LogP contribution in [-0.4, -0.2) is 32.3 Å². The zero-order valence-electron chi connectivity index (χ0n) is 18.2. The monoisotopic (exact) mass is 513 g/mol. The highest BCUT2D eigenvalue weighted by Crippen LogP contribution is 2.35. The molecule has 2 N–H and O–H groups in total. The summed E-state index contributed by atoms with van der Waals surface area (Å²) in [5.74, 6) is -1.25. The maximum absolute atomic E-state index is 13.7. The van der Waals surface area contributed by atoms with Gasteiger partial charge < -0.3 is 5.32 Å². The molecule has 12 heteroatoms. The molecule has 0 atom stereocenters. The molecule has 0 bridgehead atoms. The Morgan fingerprint density at radius 2 is 1.56 bits per heavy atom. The first-order chi connectivity index (χ1) is 15.8. The van der Waals surface area contributed by atoms with Gasteiger partial charge in [0.2, 0.25) is 0 Å². The number of halogens is 5. The van der Waals surface area contributed by atoms with Gasteiger partial charge in [0.25, 0.3) is 5.91 Å². The average Bonchev–Trinajstić information content (AvgIpc) is 3.11. The summed E-state index contributed by atoms with van der Waals surface area (Å²) in [5, 5.41) is 6.86. The van der Waals surface area contributed by atoms with Crippen LogP contribution in [0.4, 0.5) is 23.7 Å². The van der Waals surface area contributed by atoms with E-state index in [0.717, 1.165) is 9.69 Å². The molecule has 0 aliphatic heterocycles. The zero-order chi connectivity index (χ0) is 25.3. The van der Waals surface area contributed by atoms with Crippen LogP contribution in [-0.2, 0) is 6.18 Å². The number of aromatic nitrogens is 2. The third-order valence-electron chi connectivity index (χ3n) is 4.51. The fourth-order valence-corrected chi connectivity index (χ4v) is 3.37. The summed E-state index contributed by atoms with van der Waals surface area (Å²) < 4.78 is 42.1. The van der Waals surface area contributed by atoms with Crippen molar-refractivity contribution in [3.8, 4) is 5.69 Å². The van der Waals surface area contributed by atoms with Gasteiger partial charge in [-0.15, -0.1) is 0 Å². The second-order valence-electron chi connectivity index (χ2n) is 8.14. The maximum atomic E-state index is 13.7. The average molecular weight is 514 g/mol. The molecule has 0 saturated carbocycles. The Morgan fingerprint density at radius 3 is 2.09 bits per heavy atom. The van der Waals surface area contributed by atoms with Crippen LogP contribution in [0.5, 0.6) is 0 Å². The minimum Gasteiger partial charge on any atom is -0.306 e. The molecule has 0 radical (unpaired) electrons. The normalized spacial score (nSPS) is 11.8. The third kappa shape index (κ3) is 5.63. The number of nitrogens with one attached hydrogen (secondary N) is 2. The van der Waals surface area contributed by atoms with Crippen LogP contribution in [0.25, 0.3) is 5.69 Å². The van der Waals surface area contributed by atoms with Crippen molar-refractivity contribution in [3.05, 3.63) is 76.0 Å². The second-order valence-corrected chi connectivity index (χ2v) is 8.94. The molecule has 2 aromatic carbocycles. The smallest absolute Gasteiger partial charge is 0.306 e. The van der Waals surface area contributed by atoms with Crippen molar-refractivity contribution in [1.29, 1.82) is 0 Å². The number of carbonyl (C=O) groups is 2. The molecule has 7 nitrogen and oxygen atoms in total. The zero-order valence-corrected chi connectivity index (χ0v) is 19.8. The van der Waals surface area contributed by atoms with Crippen LogP contribution in [0.1, 0.15) is 36.8 Å². The standard InChI is InChI=1S/C22H20Cl2F3N5O2/c1-21(2,3)32(20(34)28-14-11-9-13(23)10-12-14)30-19(33)16-17(22(25,26)27)29-31(18(16)24)15-7-5-4-6-8-15/h4-12H,1-3H3,(H,28,34)(H,30,33). The molecule has 0 aliphatic rings. The molecule has 1 aromatic heterocycles. The predicted molar refractivity (Wildman–Crippen MR) is 123 cm³/mol. The SMILES string of the molecule is CC(C)(C)N(NC(=O)c1c(C(F)(F)F)nn(-c2ccccc2)c1Cl)C(=O)Nc1ccc(Cl)cc1. The van der Waals surface area contributed by atoms with Gasteiger partial charge in [0.15, 0.2) is 5.69 Å². The summed E-state index contributed by atoms with van der Waals surface area (Å²) in [4.78, 5) is 25.9. The first-order valence-corrected chi connectivity index (χ1v) is 10.6. The molecule has 3 rings (SSSR count). The number of amides is 3. The van der Waals surface area contributed by atoms with Crippen molar-refractivity contribution in [2.24, 2.45) is 0 Å². The molecule has 1 heterocycles. The number of para-hydroxylation sites is 1. The van der Waals surface area contributed by atoms with Gasteiger partial charge in [-0.25, -0.2) is 14.5 Å². The summed E-state index contributed by atoms with van der Waals surface area (Å²) in [5.41, 5.74) is -0.580. The van der Waals surface area contributed by atoms with E-state index in [1.54, 1.807) is 51.1 Å². The van der Waals surface area contributed by atoms with Gasteiger partial charge in [-0.3, -0.25) is 10.2 Å². The highest BCUT2D eigenvalue weighted by molar-refractivity contribution is 6.33. The van der Waals surface area contributed by atoms with E-state index in [2.05, 4.69) is 15.8 Å². The minimum absolute atomic E-state index is 0.227. The summed E-state index contributed by atoms with van der Waals surface area (Å²) in [6, 6.07) is 13.2. The Hall–Kier alpha value is -3.24. The lowest BCUT2D eigenvalue weighted by atomic mass is 10.1. The van der Waals surface area contributed by atoms with E-state index in [4.69, 9.17) is 23.2 Å². The van der Waals surface area contributed by atoms with Gasteiger partial charge in [-0.1, -0.05) is 41.4 Å². The highest BCUT2D eigenvalue weighted by Gasteiger charge is 2.42. The number of hydrogen-bond acceptors (Lipinski definition) is 3. The number of hydrazine groups is 1. The molecule has 3 aromatic rings. The maximum Gasteiger partial charge on any atom is 0.436 e. The largest absolute Gasteiger partial charge is 0.436 e. The second kappa shape index (κ2) is 9.55. The summed E-state index contributed by atoms with van der Waals surface area (Å²) in [6.07, 6.45) is -4.98. The van der Waals surface area contributed by atoms with E-state index < -0.39 is 40.1 Å². The first-order valence-electron chi connectivity index (χ1n) is 9.88. The van der Waals surface area contributed by atoms with E-state index in [-0.39, 0.29) is 5.69 Å². The summed E-state index contributed by atoms with van der Waals surface area (Å²) in [6.45, 7) is 4.77. The number of nitrogens with zero attached hydrogens (tertiary/aromatic N) is 3. The van der Waals surface area contributed by atoms with Gasteiger partial charge in [0.05, 0.1) is 11.2 Å². The highest BCUT2D eigenvalue weighted by atomic mass is 35.5. The topological polar surface area (TPSA) is 79.3 Å². The number of carbonyl (C=O) groups excluding carboxylic acids is 2. The van der Waals surface area contributed by atoms with Crippen LogP contribution in [0.3, 0.4) is 0 Å². The number of anilines is 1. The molecule has 34 heavy (non-hydrogen) atoms. The summed E-state index contributed by atoms with van der Waals surface area (Å²) in [7, 11) is 0. The van der Waals surface area contributed by atoms with Crippen molar-refractivity contribution in [2.45, 2.75) is 32.5 Å². The fraction of sp³-hybridized carbons (Fsp3) is 0.227. The van der Waals surface area contributed by atoms with Crippen molar-refractivity contribution < 1.29 is 22.8 Å². The van der Waals surface area contributed by atoms with E-state index in [9.17, 15) is 22.8 Å². The molecule has 180 valence electrons. The van der Waals surface area contributed by atoms with Crippen molar-refractivity contribution in [2.75, 3.05) is 5.32 Å². The number of hydrogen-bond donors (Lipinski definition) is 2. The lowest BCUT2D eigenvalue weighted by Gasteiger charge is -2.35. The number of alkyl halides is 3. The number of benzene rings is 2. The Morgan fingerprint density at radius 1 is 0.971 bits per heavy atom. The quantitative estimate of drug-likeness (QED) is 0.410. The molecule has 0 saturated heterocycles. The molecule has 0 fully saturated rings. The van der Waals surface area contributed by atoms with Crippen LogP contribution in [0.15, 0.2) is 54.6 Å². The van der Waals surface area contributed by atoms with E-state index in [1.807, 2.05) is 0 Å². The van der Waals surface area contributed by atoms with E-state index >= 15 is 0 Å². The first kappa shape index (κ1) is 25.4. The van der Waals surface area contributed by atoms with Crippen molar-refractivity contribution in [3.63, 3.8) is 0 Å². The van der Waals surface area contributed by atoms with E-state index in [1.165, 1.54) is 24.3 Å². The van der Waals surface area contributed by atoms with Gasteiger partial charge in [-0.2, -0.15) is 18.3 Å². The Kier molecular flexibility index (Phi) is 7.13. The summed E-state index contributed by atoms with van der Waals surface area (Å²) >= 11 is 12.0. The minimum atomic E-state index is -4.98. The van der Waals surface area contributed by atoms with Gasteiger partial charge >= 0.3 is 12.2 Å².